The number of ether oxygens (including phenoxy) is 1. The van der Waals surface area contributed by atoms with Crippen LogP contribution in [0.1, 0.15) is 35.4 Å². The maximum atomic E-state index is 13.0. The van der Waals surface area contributed by atoms with E-state index >= 15 is 0 Å². The number of imidazole rings is 1. The molecule has 2 aromatic carbocycles. The molecule has 2 heterocycles. The number of alkyl halides is 2. The first kappa shape index (κ1) is 22.8. The molecule has 1 aliphatic rings. The number of aromatic nitrogens is 2. The monoisotopic (exact) mass is 504 g/mol. The number of aliphatic hydroxyl groups excluding tert-OH is 1. The van der Waals surface area contributed by atoms with E-state index in [2.05, 4.69) is 4.98 Å². The third-order valence-corrected chi connectivity index (χ3v) is 7.33. The zero-order valence-electron chi connectivity index (χ0n) is 17.8. The fourth-order valence-corrected chi connectivity index (χ4v) is 5.26. The van der Waals surface area contributed by atoms with Gasteiger partial charge in [-0.2, -0.15) is 8.78 Å². The molecule has 0 amide bonds. The summed E-state index contributed by atoms with van der Waals surface area (Å²) >= 11 is 6.17. The highest BCUT2D eigenvalue weighted by Crippen LogP contribution is 2.47. The molecular weight excluding hydrogens is 486 g/mol. The molecule has 2 aromatic heterocycles. The van der Waals surface area contributed by atoms with Crippen molar-refractivity contribution in [2.24, 2.45) is 0 Å². The van der Waals surface area contributed by atoms with Crippen LogP contribution in [-0.2, 0) is 9.84 Å². The van der Waals surface area contributed by atoms with Gasteiger partial charge < -0.3 is 14.2 Å². The second-order valence-electron chi connectivity index (χ2n) is 8.19. The summed E-state index contributed by atoms with van der Waals surface area (Å²) < 4.78 is 56.2. The Bertz CT molecular complexity index is 1500. The molecule has 5 rings (SSSR count). The van der Waals surface area contributed by atoms with Crippen molar-refractivity contribution in [3.63, 3.8) is 0 Å². The molecular formula is C24H19ClF2N2O4S. The normalized spacial score (nSPS) is 17.9. The summed E-state index contributed by atoms with van der Waals surface area (Å²) in [5.41, 5.74) is 3.74. The molecule has 4 aromatic rings. The van der Waals surface area contributed by atoms with Crippen molar-refractivity contribution in [2.45, 2.75) is 29.9 Å². The maximum Gasteiger partial charge on any atom is 0.387 e. The van der Waals surface area contributed by atoms with Gasteiger partial charge in [-0.1, -0.05) is 23.7 Å². The van der Waals surface area contributed by atoms with Crippen molar-refractivity contribution in [2.75, 3.05) is 6.26 Å². The predicted molar refractivity (Wildman–Crippen MR) is 123 cm³/mol. The second-order valence-corrected chi connectivity index (χ2v) is 10.6. The van der Waals surface area contributed by atoms with Crippen LogP contribution in [0.15, 0.2) is 65.7 Å². The van der Waals surface area contributed by atoms with Crippen molar-refractivity contribution in [3.05, 3.63) is 82.8 Å². The fraction of sp³-hybridized carbons (Fsp3) is 0.208. The Morgan fingerprint density at radius 2 is 1.82 bits per heavy atom. The molecule has 34 heavy (non-hydrogen) atoms. The molecule has 6 nitrogen and oxygen atoms in total. The number of aliphatic hydroxyl groups is 1. The minimum absolute atomic E-state index is 0.00748. The van der Waals surface area contributed by atoms with E-state index in [4.69, 9.17) is 16.3 Å². The van der Waals surface area contributed by atoms with E-state index in [0.717, 1.165) is 17.4 Å². The molecule has 1 aliphatic carbocycles. The van der Waals surface area contributed by atoms with Gasteiger partial charge in [-0.3, -0.25) is 0 Å². The lowest BCUT2D eigenvalue weighted by Gasteiger charge is -2.18. The van der Waals surface area contributed by atoms with E-state index < -0.39 is 28.5 Å². The number of rotatable bonds is 5. The SMILES string of the molecule is CS(=O)(=O)c1ccc(-c2ccc3nc4c(n3c2)[C@@H](c2cc(Cl)ccc2OC(F)F)C[C@H]4O)cc1. The Kier molecular flexibility index (Phi) is 5.58. The Hall–Kier alpha value is -3.01. The van der Waals surface area contributed by atoms with Gasteiger partial charge in [-0.15, -0.1) is 0 Å². The number of nitrogens with zero attached hydrogens (tertiary/aromatic N) is 2. The number of fused-ring (bicyclic) bond motifs is 3. The average molecular weight is 505 g/mol. The predicted octanol–water partition coefficient (Wildman–Crippen LogP) is 5.23. The van der Waals surface area contributed by atoms with Crippen LogP contribution >= 0.6 is 11.6 Å². The van der Waals surface area contributed by atoms with Crippen LogP contribution < -0.4 is 4.74 Å². The van der Waals surface area contributed by atoms with Crippen LogP contribution in [0.3, 0.4) is 0 Å². The van der Waals surface area contributed by atoms with E-state index in [1.807, 2.05) is 16.7 Å². The first-order chi connectivity index (χ1) is 16.1. The van der Waals surface area contributed by atoms with Gasteiger partial charge in [0.25, 0.3) is 0 Å². The quantitative estimate of drug-likeness (QED) is 0.402. The third kappa shape index (κ3) is 4.04. The van der Waals surface area contributed by atoms with Gasteiger partial charge in [0.15, 0.2) is 9.84 Å². The van der Waals surface area contributed by atoms with Gasteiger partial charge in [0.05, 0.1) is 22.4 Å². The molecule has 176 valence electrons. The first-order valence-electron chi connectivity index (χ1n) is 10.4. The van der Waals surface area contributed by atoms with E-state index in [9.17, 15) is 22.3 Å². The summed E-state index contributed by atoms with van der Waals surface area (Å²) in [7, 11) is -3.31. The Morgan fingerprint density at radius 3 is 2.50 bits per heavy atom. The zero-order chi connectivity index (χ0) is 24.2. The molecule has 0 fully saturated rings. The van der Waals surface area contributed by atoms with E-state index in [0.29, 0.717) is 27.6 Å². The molecule has 0 spiro atoms. The highest BCUT2D eigenvalue weighted by molar-refractivity contribution is 7.90. The standard InChI is InChI=1S/C24H19ClF2N2O4S/c1-34(31,32)16-6-2-13(3-7-16)14-4-9-21-28-22-19(30)11-18(23(22)29(21)12-14)17-10-15(25)5-8-20(17)33-24(26)27/h2-10,12,18-19,24,30H,11H2,1H3/t18-,19-/m1/s1. The number of sulfone groups is 1. The van der Waals surface area contributed by atoms with Gasteiger partial charge in [0, 0.05) is 29.0 Å². The Balaban J connectivity index is 1.63. The van der Waals surface area contributed by atoms with Crippen LogP contribution in [0.25, 0.3) is 16.8 Å². The van der Waals surface area contributed by atoms with E-state index in [-0.39, 0.29) is 17.1 Å². The topological polar surface area (TPSA) is 80.9 Å². The summed E-state index contributed by atoms with van der Waals surface area (Å²) in [6.07, 6.45) is 2.35. The largest absolute Gasteiger partial charge is 0.435 e. The maximum absolute atomic E-state index is 13.0. The smallest absolute Gasteiger partial charge is 0.387 e. The van der Waals surface area contributed by atoms with Crippen molar-refractivity contribution >= 4 is 27.1 Å². The van der Waals surface area contributed by atoms with Crippen LogP contribution in [0.5, 0.6) is 5.75 Å². The summed E-state index contributed by atoms with van der Waals surface area (Å²) in [6, 6.07) is 14.6. The summed E-state index contributed by atoms with van der Waals surface area (Å²) in [5, 5.41) is 11.1. The number of pyridine rings is 1. The average Bonchev–Trinajstić information content (AvgIpc) is 3.31. The minimum atomic E-state index is -3.31. The zero-order valence-corrected chi connectivity index (χ0v) is 19.4. The lowest BCUT2D eigenvalue weighted by molar-refractivity contribution is -0.0506. The van der Waals surface area contributed by atoms with Crippen molar-refractivity contribution < 1.29 is 27.0 Å². The lowest BCUT2D eigenvalue weighted by Crippen LogP contribution is -2.08. The number of benzene rings is 2. The van der Waals surface area contributed by atoms with Crippen molar-refractivity contribution in [1.82, 2.24) is 9.38 Å². The first-order valence-corrected chi connectivity index (χ1v) is 12.6. The van der Waals surface area contributed by atoms with Gasteiger partial charge >= 0.3 is 6.61 Å². The Morgan fingerprint density at radius 1 is 1.12 bits per heavy atom. The molecule has 0 bridgehead atoms. The van der Waals surface area contributed by atoms with Gasteiger partial charge in [-0.25, -0.2) is 13.4 Å². The van der Waals surface area contributed by atoms with Crippen LogP contribution in [-0.4, -0.2) is 35.8 Å². The number of hydrogen-bond donors (Lipinski definition) is 1. The van der Waals surface area contributed by atoms with Crippen LogP contribution in [0, 0.1) is 0 Å². The van der Waals surface area contributed by atoms with Gasteiger partial charge in [0.2, 0.25) is 0 Å². The molecule has 0 saturated heterocycles. The molecule has 0 radical (unpaired) electrons. The second kappa shape index (κ2) is 8.33. The lowest BCUT2D eigenvalue weighted by atomic mass is 9.95. The fourth-order valence-electron chi connectivity index (χ4n) is 4.45. The summed E-state index contributed by atoms with van der Waals surface area (Å²) in [5.74, 6) is -0.484. The third-order valence-electron chi connectivity index (χ3n) is 5.97. The molecule has 2 atom stereocenters. The summed E-state index contributed by atoms with van der Waals surface area (Å²) in [4.78, 5) is 4.77. The van der Waals surface area contributed by atoms with Gasteiger partial charge in [0.1, 0.15) is 11.4 Å². The molecule has 0 saturated carbocycles. The van der Waals surface area contributed by atoms with Crippen LogP contribution in [0.2, 0.25) is 5.02 Å². The number of halogens is 3. The van der Waals surface area contributed by atoms with Crippen LogP contribution in [0.4, 0.5) is 8.78 Å². The van der Waals surface area contributed by atoms with Gasteiger partial charge in [-0.05, 0) is 60.0 Å². The molecule has 0 unspecified atom stereocenters. The van der Waals surface area contributed by atoms with Crippen molar-refractivity contribution in [1.29, 1.82) is 0 Å². The minimum Gasteiger partial charge on any atom is -0.435 e. The molecule has 1 N–H and O–H groups in total. The van der Waals surface area contributed by atoms with E-state index in [1.54, 1.807) is 36.4 Å². The summed E-state index contributed by atoms with van der Waals surface area (Å²) in [6.45, 7) is -3.01. The number of hydrogen-bond acceptors (Lipinski definition) is 5. The van der Waals surface area contributed by atoms with Crippen molar-refractivity contribution in [3.8, 4) is 16.9 Å². The van der Waals surface area contributed by atoms with E-state index in [1.165, 1.54) is 12.1 Å². The Labute approximate surface area is 199 Å². The molecule has 10 heteroatoms. The highest BCUT2D eigenvalue weighted by Gasteiger charge is 2.37. The highest BCUT2D eigenvalue weighted by atomic mass is 35.5. The molecule has 0 aliphatic heterocycles.